The normalized spacial score (nSPS) is 12.5. The molecule has 140 valence electrons. The van der Waals surface area contributed by atoms with Crippen molar-refractivity contribution < 1.29 is 13.2 Å². The maximum atomic E-state index is 12.7. The molecule has 1 atom stereocenters. The van der Waals surface area contributed by atoms with Gasteiger partial charge in [0.1, 0.15) is 6.04 Å². The molecule has 0 spiro atoms. The molecule has 0 bridgehead atoms. The number of nitrogens with one attached hydrogen (secondary N) is 1. The zero-order valence-electron chi connectivity index (χ0n) is 14.9. The summed E-state index contributed by atoms with van der Waals surface area (Å²) in [4.78, 5) is 12.7. The number of carbonyl (C=O) groups excluding carboxylic acids is 1. The van der Waals surface area contributed by atoms with Crippen molar-refractivity contribution in [1.82, 2.24) is 0 Å². The van der Waals surface area contributed by atoms with E-state index in [0.717, 1.165) is 20.6 Å². The van der Waals surface area contributed by atoms with Gasteiger partial charge in [0.2, 0.25) is 15.9 Å². The third-order valence-corrected chi connectivity index (χ3v) is 6.27. The van der Waals surface area contributed by atoms with E-state index in [2.05, 4.69) is 21.2 Å². The maximum Gasteiger partial charge on any atom is 0.247 e. The summed E-state index contributed by atoms with van der Waals surface area (Å²) in [6.45, 7) is 5.22. The molecule has 26 heavy (non-hydrogen) atoms. The molecular formula is C18H20BrClN2O3S. The zero-order valence-corrected chi connectivity index (χ0v) is 18.0. The van der Waals surface area contributed by atoms with Crippen LogP contribution in [0.25, 0.3) is 0 Å². The summed E-state index contributed by atoms with van der Waals surface area (Å²) >= 11 is 9.44. The Bertz CT molecular complexity index is 947. The molecule has 2 aromatic carbocycles. The van der Waals surface area contributed by atoms with E-state index in [9.17, 15) is 13.2 Å². The molecule has 0 aliphatic heterocycles. The highest BCUT2D eigenvalue weighted by atomic mass is 79.9. The lowest BCUT2D eigenvalue weighted by molar-refractivity contribution is -0.116. The van der Waals surface area contributed by atoms with Crippen LogP contribution in [0.15, 0.2) is 40.9 Å². The van der Waals surface area contributed by atoms with Crippen molar-refractivity contribution >= 4 is 54.8 Å². The van der Waals surface area contributed by atoms with Gasteiger partial charge in [0.25, 0.3) is 0 Å². The highest BCUT2D eigenvalue weighted by Gasteiger charge is 2.30. The Labute approximate surface area is 167 Å². The molecular weight excluding hydrogens is 440 g/mol. The highest BCUT2D eigenvalue weighted by molar-refractivity contribution is 9.10. The number of halogens is 2. The van der Waals surface area contributed by atoms with Gasteiger partial charge in [0.05, 0.1) is 11.9 Å². The maximum absolute atomic E-state index is 12.7. The van der Waals surface area contributed by atoms with Crippen molar-refractivity contribution in [1.29, 1.82) is 0 Å². The first-order chi connectivity index (χ1) is 12.0. The monoisotopic (exact) mass is 458 g/mol. The first-order valence-corrected chi connectivity index (χ1v) is 10.8. The molecule has 0 radical (unpaired) electrons. The third-order valence-electron chi connectivity index (χ3n) is 3.92. The van der Waals surface area contributed by atoms with Crippen molar-refractivity contribution in [2.75, 3.05) is 15.9 Å². The lowest BCUT2D eigenvalue weighted by atomic mass is 10.1. The van der Waals surface area contributed by atoms with Crippen LogP contribution in [0.2, 0.25) is 5.02 Å². The summed E-state index contributed by atoms with van der Waals surface area (Å²) in [5.41, 5.74) is 2.65. The predicted molar refractivity (Wildman–Crippen MR) is 110 cm³/mol. The average molecular weight is 460 g/mol. The second-order valence-electron chi connectivity index (χ2n) is 6.12. The van der Waals surface area contributed by atoms with Gasteiger partial charge in [-0.2, -0.15) is 0 Å². The molecule has 1 amide bonds. The number of carbonyl (C=O) groups is 1. The number of nitrogens with zero attached hydrogens (tertiary/aromatic N) is 1. The Kier molecular flexibility index (Phi) is 6.37. The van der Waals surface area contributed by atoms with Gasteiger partial charge in [0.15, 0.2) is 0 Å². The second kappa shape index (κ2) is 7.98. The molecule has 0 unspecified atom stereocenters. The number of aryl methyl sites for hydroxylation is 2. The molecule has 2 aromatic rings. The second-order valence-corrected chi connectivity index (χ2v) is 9.27. The molecule has 0 aliphatic rings. The summed E-state index contributed by atoms with van der Waals surface area (Å²) in [6.07, 6.45) is 1.07. The van der Waals surface area contributed by atoms with Gasteiger partial charge < -0.3 is 5.32 Å². The molecule has 0 aliphatic carbocycles. The Balaban J connectivity index is 2.37. The van der Waals surface area contributed by atoms with Crippen LogP contribution in [-0.4, -0.2) is 26.6 Å². The first-order valence-electron chi connectivity index (χ1n) is 7.83. The van der Waals surface area contributed by atoms with E-state index in [1.807, 2.05) is 19.1 Å². The fraction of sp³-hybridized carbons (Fsp3) is 0.278. The molecule has 1 N–H and O–H groups in total. The van der Waals surface area contributed by atoms with Crippen molar-refractivity contribution in [3.05, 3.63) is 57.0 Å². The molecule has 0 aromatic heterocycles. The highest BCUT2D eigenvalue weighted by Crippen LogP contribution is 2.29. The number of hydrogen-bond acceptors (Lipinski definition) is 3. The summed E-state index contributed by atoms with van der Waals surface area (Å²) in [5, 5.41) is 3.17. The predicted octanol–water partition coefficient (Wildman–Crippen LogP) is 4.51. The van der Waals surface area contributed by atoms with E-state index in [1.54, 1.807) is 38.1 Å². The number of anilines is 2. The zero-order chi connectivity index (χ0) is 19.6. The molecule has 0 saturated heterocycles. The van der Waals surface area contributed by atoms with Gasteiger partial charge in [-0.25, -0.2) is 8.42 Å². The van der Waals surface area contributed by atoms with E-state index >= 15 is 0 Å². The minimum absolute atomic E-state index is 0.384. The molecule has 0 heterocycles. The van der Waals surface area contributed by atoms with Crippen molar-refractivity contribution in [3.63, 3.8) is 0 Å². The Morgan fingerprint density at radius 3 is 2.38 bits per heavy atom. The van der Waals surface area contributed by atoms with Crippen LogP contribution < -0.4 is 9.62 Å². The van der Waals surface area contributed by atoms with Gasteiger partial charge in [0, 0.05) is 15.2 Å². The molecule has 0 fully saturated rings. The summed E-state index contributed by atoms with van der Waals surface area (Å²) < 4.78 is 26.8. The summed E-state index contributed by atoms with van der Waals surface area (Å²) in [7, 11) is -3.70. The van der Waals surface area contributed by atoms with Crippen LogP contribution in [0.5, 0.6) is 0 Å². The van der Waals surface area contributed by atoms with Crippen molar-refractivity contribution in [3.8, 4) is 0 Å². The SMILES string of the molecule is Cc1cc(NC(=O)[C@H](C)N(c2cc(Cl)ccc2C)S(C)(=O)=O)ccc1Br. The van der Waals surface area contributed by atoms with E-state index < -0.39 is 22.0 Å². The van der Waals surface area contributed by atoms with E-state index in [0.29, 0.717) is 22.0 Å². The first kappa shape index (κ1) is 20.7. The number of hydrogen-bond donors (Lipinski definition) is 1. The molecule has 8 heteroatoms. The van der Waals surface area contributed by atoms with Crippen LogP contribution in [-0.2, 0) is 14.8 Å². The number of amides is 1. The van der Waals surface area contributed by atoms with Crippen LogP contribution in [0.1, 0.15) is 18.1 Å². The topological polar surface area (TPSA) is 66.5 Å². The number of benzene rings is 2. The lowest BCUT2D eigenvalue weighted by Crippen LogP contribution is -2.45. The molecule has 5 nitrogen and oxygen atoms in total. The van der Waals surface area contributed by atoms with Crippen LogP contribution in [0.4, 0.5) is 11.4 Å². The summed E-state index contributed by atoms with van der Waals surface area (Å²) in [5.74, 6) is -0.434. The summed E-state index contributed by atoms with van der Waals surface area (Å²) in [6, 6.07) is 9.37. The third kappa shape index (κ3) is 4.78. The molecule has 2 rings (SSSR count). The van der Waals surface area contributed by atoms with Crippen LogP contribution >= 0.6 is 27.5 Å². The average Bonchev–Trinajstić information content (AvgIpc) is 2.53. The number of sulfonamides is 1. The van der Waals surface area contributed by atoms with Crippen molar-refractivity contribution in [2.45, 2.75) is 26.8 Å². The van der Waals surface area contributed by atoms with Gasteiger partial charge in [-0.3, -0.25) is 9.10 Å². The van der Waals surface area contributed by atoms with E-state index in [1.165, 1.54) is 0 Å². The van der Waals surface area contributed by atoms with Gasteiger partial charge in [-0.05, 0) is 62.2 Å². The molecule has 0 saturated carbocycles. The van der Waals surface area contributed by atoms with Crippen LogP contribution in [0.3, 0.4) is 0 Å². The van der Waals surface area contributed by atoms with Gasteiger partial charge in [-0.15, -0.1) is 0 Å². The smallest absolute Gasteiger partial charge is 0.247 e. The van der Waals surface area contributed by atoms with Crippen molar-refractivity contribution in [2.24, 2.45) is 0 Å². The Morgan fingerprint density at radius 1 is 1.15 bits per heavy atom. The van der Waals surface area contributed by atoms with Crippen LogP contribution in [0, 0.1) is 13.8 Å². The fourth-order valence-corrected chi connectivity index (χ4v) is 4.21. The fourth-order valence-electron chi connectivity index (χ4n) is 2.57. The Hall–Kier alpha value is -1.57. The van der Waals surface area contributed by atoms with E-state index in [4.69, 9.17) is 11.6 Å². The standard InChI is InChI=1S/C18H20BrClN2O3S/c1-11-5-6-14(20)10-17(11)22(26(4,24)25)13(3)18(23)21-15-7-8-16(19)12(2)9-15/h5-10,13H,1-4H3,(H,21,23)/t13-/m0/s1. The van der Waals surface area contributed by atoms with Gasteiger partial charge >= 0.3 is 0 Å². The largest absolute Gasteiger partial charge is 0.324 e. The van der Waals surface area contributed by atoms with Gasteiger partial charge in [-0.1, -0.05) is 33.6 Å². The lowest BCUT2D eigenvalue weighted by Gasteiger charge is -2.29. The Morgan fingerprint density at radius 2 is 1.81 bits per heavy atom. The minimum Gasteiger partial charge on any atom is -0.324 e. The minimum atomic E-state index is -3.70. The van der Waals surface area contributed by atoms with E-state index in [-0.39, 0.29) is 0 Å². The number of rotatable bonds is 5. The quantitative estimate of drug-likeness (QED) is 0.715.